The molecule has 1 rings (SSSR count). The lowest BCUT2D eigenvalue weighted by Gasteiger charge is -2.06. The van der Waals surface area contributed by atoms with E-state index in [9.17, 15) is 4.79 Å². The van der Waals surface area contributed by atoms with E-state index in [4.69, 9.17) is 9.84 Å². The maximum absolute atomic E-state index is 11.3. The fourth-order valence-corrected chi connectivity index (χ4v) is 1.04. The molecule has 1 heterocycles. The molecule has 0 bridgehead atoms. The molecule has 7 nitrogen and oxygen atoms in total. The zero-order valence-electron chi connectivity index (χ0n) is 8.51. The third-order valence-electron chi connectivity index (χ3n) is 1.78. The summed E-state index contributed by atoms with van der Waals surface area (Å²) in [5, 5.41) is 18.7. The average Bonchev–Trinajstić information content (AvgIpc) is 2.65. The molecule has 0 aliphatic rings. The second-order valence-electron chi connectivity index (χ2n) is 2.88. The summed E-state index contributed by atoms with van der Waals surface area (Å²) in [6.07, 6.45) is 1.40. The highest BCUT2D eigenvalue weighted by molar-refractivity contribution is 5.75. The topological polar surface area (TPSA) is 89.3 Å². The maximum atomic E-state index is 11.3. The van der Waals surface area contributed by atoms with Gasteiger partial charge in [-0.3, -0.25) is 4.79 Å². The number of aliphatic hydroxyl groups excluding tert-OH is 1. The first-order chi connectivity index (χ1) is 7.27. The van der Waals surface area contributed by atoms with Crippen LogP contribution in [0.15, 0.2) is 6.33 Å². The molecule has 7 heteroatoms. The summed E-state index contributed by atoms with van der Waals surface area (Å²) in [5.74, 6) is 0.207. The van der Waals surface area contributed by atoms with Gasteiger partial charge in [-0.05, 0) is 0 Å². The van der Waals surface area contributed by atoms with Gasteiger partial charge >= 0.3 is 0 Å². The fourth-order valence-electron chi connectivity index (χ4n) is 1.04. The Morgan fingerprint density at radius 1 is 1.73 bits per heavy atom. The van der Waals surface area contributed by atoms with E-state index in [1.54, 1.807) is 7.11 Å². The van der Waals surface area contributed by atoms with E-state index < -0.39 is 0 Å². The standard InChI is InChI=1S/C8H14N4O3/c1-15-3-2-9-8(14)4-12-6-10-11-7(12)5-13/h6,13H,2-5H2,1H3,(H,9,14). The summed E-state index contributed by atoms with van der Waals surface area (Å²) < 4.78 is 6.27. The van der Waals surface area contributed by atoms with Crippen molar-refractivity contribution in [2.24, 2.45) is 0 Å². The minimum Gasteiger partial charge on any atom is -0.388 e. The molecule has 0 aliphatic carbocycles. The van der Waals surface area contributed by atoms with Gasteiger partial charge in [-0.15, -0.1) is 10.2 Å². The summed E-state index contributed by atoms with van der Waals surface area (Å²) in [7, 11) is 1.57. The summed E-state index contributed by atoms with van der Waals surface area (Å²) in [4.78, 5) is 11.3. The van der Waals surface area contributed by atoms with Crippen LogP contribution in [0, 0.1) is 0 Å². The Labute approximate surface area is 87.1 Å². The van der Waals surface area contributed by atoms with E-state index in [-0.39, 0.29) is 19.1 Å². The van der Waals surface area contributed by atoms with Crippen molar-refractivity contribution in [3.63, 3.8) is 0 Å². The molecule has 0 saturated carbocycles. The molecule has 0 aromatic carbocycles. The van der Waals surface area contributed by atoms with Crippen LogP contribution in [0.5, 0.6) is 0 Å². The first-order valence-electron chi connectivity index (χ1n) is 4.51. The Morgan fingerprint density at radius 2 is 2.53 bits per heavy atom. The summed E-state index contributed by atoms with van der Waals surface area (Å²) >= 11 is 0. The van der Waals surface area contributed by atoms with Gasteiger partial charge in [0.15, 0.2) is 5.82 Å². The van der Waals surface area contributed by atoms with E-state index in [0.29, 0.717) is 19.0 Å². The van der Waals surface area contributed by atoms with Crippen LogP contribution in [0.4, 0.5) is 0 Å². The molecule has 84 valence electrons. The zero-order chi connectivity index (χ0) is 11.1. The number of carbonyl (C=O) groups excluding carboxylic acids is 1. The summed E-state index contributed by atoms with van der Waals surface area (Å²) in [5.41, 5.74) is 0. The molecule has 0 saturated heterocycles. The predicted molar refractivity (Wildman–Crippen MR) is 50.8 cm³/mol. The van der Waals surface area contributed by atoms with Gasteiger partial charge in [0, 0.05) is 13.7 Å². The quantitative estimate of drug-likeness (QED) is 0.564. The van der Waals surface area contributed by atoms with Crippen molar-refractivity contribution >= 4 is 5.91 Å². The van der Waals surface area contributed by atoms with Gasteiger partial charge in [-0.2, -0.15) is 0 Å². The molecule has 1 aromatic heterocycles. The number of hydrogen-bond acceptors (Lipinski definition) is 5. The Hall–Kier alpha value is -1.47. The number of aromatic nitrogens is 3. The van der Waals surface area contributed by atoms with Crippen LogP contribution in [-0.2, 0) is 22.7 Å². The van der Waals surface area contributed by atoms with Gasteiger partial charge in [0.05, 0.1) is 6.61 Å². The lowest BCUT2D eigenvalue weighted by Crippen LogP contribution is -2.30. The molecule has 15 heavy (non-hydrogen) atoms. The van der Waals surface area contributed by atoms with E-state index in [1.165, 1.54) is 10.9 Å². The SMILES string of the molecule is COCCNC(=O)Cn1cnnc1CO. The van der Waals surface area contributed by atoms with E-state index in [1.807, 2.05) is 0 Å². The average molecular weight is 214 g/mol. The van der Waals surface area contributed by atoms with Crippen LogP contribution in [-0.4, -0.2) is 46.0 Å². The monoisotopic (exact) mass is 214 g/mol. The molecule has 0 radical (unpaired) electrons. The van der Waals surface area contributed by atoms with Crippen molar-refractivity contribution in [3.8, 4) is 0 Å². The van der Waals surface area contributed by atoms with E-state index in [2.05, 4.69) is 15.5 Å². The van der Waals surface area contributed by atoms with Gasteiger partial charge < -0.3 is 19.7 Å². The third kappa shape index (κ3) is 3.64. The highest BCUT2D eigenvalue weighted by Crippen LogP contribution is 1.93. The number of carbonyl (C=O) groups is 1. The lowest BCUT2D eigenvalue weighted by atomic mass is 10.5. The molecule has 1 amide bonds. The smallest absolute Gasteiger partial charge is 0.240 e. The first kappa shape index (κ1) is 11.6. The third-order valence-corrected chi connectivity index (χ3v) is 1.78. The molecular weight excluding hydrogens is 200 g/mol. The molecule has 0 fully saturated rings. The van der Waals surface area contributed by atoms with Crippen molar-refractivity contribution in [1.29, 1.82) is 0 Å². The van der Waals surface area contributed by atoms with Crippen molar-refractivity contribution < 1.29 is 14.6 Å². The van der Waals surface area contributed by atoms with Crippen LogP contribution >= 0.6 is 0 Å². The molecule has 1 aromatic rings. The minimum atomic E-state index is -0.231. The Morgan fingerprint density at radius 3 is 3.20 bits per heavy atom. The molecule has 0 aliphatic heterocycles. The number of nitrogens with zero attached hydrogens (tertiary/aromatic N) is 3. The summed E-state index contributed by atoms with van der Waals surface area (Å²) in [6, 6.07) is 0. The molecule has 0 spiro atoms. The van der Waals surface area contributed by atoms with E-state index in [0.717, 1.165) is 0 Å². The zero-order valence-corrected chi connectivity index (χ0v) is 8.51. The van der Waals surface area contributed by atoms with Crippen molar-refractivity contribution in [2.75, 3.05) is 20.3 Å². The number of nitrogens with one attached hydrogen (secondary N) is 1. The molecule has 2 N–H and O–H groups in total. The number of rotatable bonds is 6. The van der Waals surface area contributed by atoms with Crippen LogP contribution in [0.2, 0.25) is 0 Å². The maximum Gasteiger partial charge on any atom is 0.240 e. The summed E-state index contributed by atoms with van der Waals surface area (Å²) in [6.45, 7) is 0.810. The molecule has 0 atom stereocenters. The van der Waals surface area contributed by atoms with Gasteiger partial charge in [-0.1, -0.05) is 0 Å². The number of aliphatic hydroxyl groups is 1. The number of ether oxygens (including phenoxy) is 1. The Kier molecular flexibility index (Phi) is 4.72. The van der Waals surface area contributed by atoms with Crippen LogP contribution in [0.25, 0.3) is 0 Å². The van der Waals surface area contributed by atoms with Gasteiger partial charge in [0.2, 0.25) is 5.91 Å². The van der Waals surface area contributed by atoms with E-state index >= 15 is 0 Å². The van der Waals surface area contributed by atoms with Gasteiger partial charge in [-0.25, -0.2) is 0 Å². The van der Waals surface area contributed by atoms with Gasteiger partial charge in [0.25, 0.3) is 0 Å². The minimum absolute atomic E-state index is 0.104. The number of amides is 1. The van der Waals surface area contributed by atoms with Crippen LogP contribution in [0.3, 0.4) is 0 Å². The first-order valence-corrected chi connectivity index (χ1v) is 4.51. The largest absolute Gasteiger partial charge is 0.388 e. The highest BCUT2D eigenvalue weighted by Gasteiger charge is 2.06. The normalized spacial score (nSPS) is 10.3. The van der Waals surface area contributed by atoms with Gasteiger partial charge in [0.1, 0.15) is 19.5 Å². The highest BCUT2D eigenvalue weighted by atomic mass is 16.5. The predicted octanol–water partition coefficient (Wildman–Crippen LogP) is -1.47. The number of hydrogen-bond donors (Lipinski definition) is 2. The van der Waals surface area contributed by atoms with Crippen LogP contribution < -0.4 is 5.32 Å². The van der Waals surface area contributed by atoms with Crippen molar-refractivity contribution in [2.45, 2.75) is 13.2 Å². The fraction of sp³-hybridized carbons (Fsp3) is 0.625. The Bertz CT molecular complexity index is 313. The second kappa shape index (κ2) is 6.10. The molecular formula is C8H14N4O3. The second-order valence-corrected chi connectivity index (χ2v) is 2.88. The lowest BCUT2D eigenvalue weighted by molar-refractivity contribution is -0.121. The van der Waals surface area contributed by atoms with Crippen molar-refractivity contribution in [1.82, 2.24) is 20.1 Å². The van der Waals surface area contributed by atoms with Crippen LogP contribution in [0.1, 0.15) is 5.82 Å². The molecule has 0 unspecified atom stereocenters. The Balaban J connectivity index is 2.37. The number of methoxy groups -OCH3 is 1. The van der Waals surface area contributed by atoms with Crippen molar-refractivity contribution in [3.05, 3.63) is 12.2 Å².